The highest BCUT2D eigenvalue weighted by atomic mass is 16.5. The summed E-state index contributed by atoms with van der Waals surface area (Å²) in [6.45, 7) is 1.64. The number of methoxy groups -OCH3 is 2. The van der Waals surface area contributed by atoms with Crippen LogP contribution in [-0.4, -0.2) is 26.2 Å². The number of amides is 1. The quantitative estimate of drug-likeness (QED) is 0.882. The Morgan fingerprint density at radius 1 is 1.08 bits per heavy atom. The van der Waals surface area contributed by atoms with Gasteiger partial charge in [0.05, 0.1) is 31.5 Å². The molecule has 0 spiro atoms. The van der Waals surface area contributed by atoms with E-state index in [0.717, 1.165) is 0 Å². The second kappa shape index (κ2) is 7.88. The molecule has 2 aromatic carbocycles. The van der Waals surface area contributed by atoms with Gasteiger partial charge in [0.25, 0.3) is 5.91 Å². The molecule has 6 heteroatoms. The maximum Gasteiger partial charge on any atom is 0.265 e. The third kappa shape index (κ3) is 4.17. The number of rotatable bonds is 6. The molecule has 0 saturated carbocycles. The van der Waals surface area contributed by atoms with E-state index in [4.69, 9.17) is 19.5 Å². The Bertz CT molecular complexity index is 751. The zero-order chi connectivity index (χ0) is 17.5. The molecule has 124 valence electrons. The number of nitrogens with one attached hydrogen (secondary N) is 1. The summed E-state index contributed by atoms with van der Waals surface area (Å²) in [6, 6.07) is 13.7. The van der Waals surface area contributed by atoms with E-state index in [-0.39, 0.29) is 5.91 Å². The van der Waals surface area contributed by atoms with Crippen LogP contribution in [0.4, 0.5) is 5.69 Å². The van der Waals surface area contributed by atoms with Crippen molar-refractivity contribution in [1.82, 2.24) is 0 Å². The highest BCUT2D eigenvalue weighted by Crippen LogP contribution is 2.29. The normalized spacial score (nSPS) is 11.1. The molecule has 0 bridgehead atoms. The molecule has 1 amide bonds. The average Bonchev–Trinajstić information content (AvgIpc) is 2.62. The fourth-order valence-corrected chi connectivity index (χ4v) is 2.00. The van der Waals surface area contributed by atoms with E-state index in [9.17, 15) is 4.79 Å². The van der Waals surface area contributed by atoms with Crippen molar-refractivity contribution in [2.24, 2.45) is 0 Å². The number of hydrogen-bond donors (Lipinski definition) is 1. The molecule has 0 unspecified atom stereocenters. The lowest BCUT2D eigenvalue weighted by molar-refractivity contribution is -0.122. The summed E-state index contributed by atoms with van der Waals surface area (Å²) in [5.74, 6) is 1.32. The van der Waals surface area contributed by atoms with Crippen molar-refractivity contribution < 1.29 is 19.0 Å². The van der Waals surface area contributed by atoms with Gasteiger partial charge in [-0.2, -0.15) is 5.26 Å². The predicted octanol–water partition coefficient (Wildman–Crippen LogP) is 2.98. The second-order valence-corrected chi connectivity index (χ2v) is 4.95. The van der Waals surface area contributed by atoms with Crippen molar-refractivity contribution in [3.8, 4) is 23.3 Å². The molecule has 0 aliphatic heterocycles. The molecule has 0 radical (unpaired) electrons. The Balaban J connectivity index is 2.04. The van der Waals surface area contributed by atoms with Crippen LogP contribution in [0.5, 0.6) is 17.2 Å². The summed E-state index contributed by atoms with van der Waals surface area (Å²) in [6.07, 6.45) is -0.718. The van der Waals surface area contributed by atoms with Gasteiger partial charge in [-0.05, 0) is 43.3 Å². The van der Waals surface area contributed by atoms with Crippen molar-refractivity contribution in [2.75, 3.05) is 19.5 Å². The lowest BCUT2D eigenvalue weighted by atomic mass is 10.2. The molecular weight excluding hydrogens is 308 g/mol. The van der Waals surface area contributed by atoms with Crippen molar-refractivity contribution in [3.05, 3.63) is 48.0 Å². The summed E-state index contributed by atoms with van der Waals surface area (Å²) >= 11 is 0. The highest BCUT2D eigenvalue weighted by Gasteiger charge is 2.17. The number of hydrogen-bond acceptors (Lipinski definition) is 5. The molecule has 0 aliphatic carbocycles. The van der Waals surface area contributed by atoms with Crippen molar-refractivity contribution in [3.63, 3.8) is 0 Å². The van der Waals surface area contributed by atoms with Gasteiger partial charge in [0, 0.05) is 6.07 Å². The van der Waals surface area contributed by atoms with Crippen molar-refractivity contribution in [2.45, 2.75) is 13.0 Å². The van der Waals surface area contributed by atoms with Crippen LogP contribution in [0.15, 0.2) is 42.5 Å². The molecule has 1 N–H and O–H groups in total. The zero-order valence-electron chi connectivity index (χ0n) is 13.7. The largest absolute Gasteiger partial charge is 0.497 e. The molecule has 0 saturated heterocycles. The first kappa shape index (κ1) is 17.2. The predicted molar refractivity (Wildman–Crippen MR) is 89.4 cm³/mol. The maximum absolute atomic E-state index is 12.3. The molecule has 24 heavy (non-hydrogen) atoms. The first-order chi connectivity index (χ1) is 11.6. The van der Waals surface area contributed by atoms with E-state index >= 15 is 0 Å². The Morgan fingerprint density at radius 2 is 1.75 bits per heavy atom. The van der Waals surface area contributed by atoms with E-state index in [2.05, 4.69) is 5.32 Å². The first-order valence-electron chi connectivity index (χ1n) is 7.27. The van der Waals surface area contributed by atoms with Gasteiger partial charge in [-0.3, -0.25) is 4.79 Å². The average molecular weight is 326 g/mol. The van der Waals surface area contributed by atoms with Gasteiger partial charge in [0.1, 0.15) is 17.2 Å². The van der Waals surface area contributed by atoms with Gasteiger partial charge < -0.3 is 19.5 Å². The van der Waals surface area contributed by atoms with Gasteiger partial charge in [-0.1, -0.05) is 0 Å². The van der Waals surface area contributed by atoms with Crippen LogP contribution in [0, 0.1) is 11.3 Å². The van der Waals surface area contributed by atoms with E-state index in [1.54, 1.807) is 56.5 Å². The van der Waals surface area contributed by atoms with Gasteiger partial charge in [0.2, 0.25) is 0 Å². The lowest BCUT2D eigenvalue weighted by Gasteiger charge is -2.16. The van der Waals surface area contributed by atoms with Crippen LogP contribution in [0.3, 0.4) is 0 Å². The summed E-state index contributed by atoms with van der Waals surface area (Å²) in [5.41, 5.74) is 1.06. The summed E-state index contributed by atoms with van der Waals surface area (Å²) in [5, 5.41) is 11.5. The lowest BCUT2D eigenvalue weighted by Crippen LogP contribution is -2.30. The molecule has 0 aromatic heterocycles. The monoisotopic (exact) mass is 326 g/mol. The van der Waals surface area contributed by atoms with Crippen LogP contribution >= 0.6 is 0 Å². The summed E-state index contributed by atoms with van der Waals surface area (Å²) in [7, 11) is 3.07. The van der Waals surface area contributed by atoms with Crippen LogP contribution in [0.2, 0.25) is 0 Å². The van der Waals surface area contributed by atoms with Crippen LogP contribution in [0.25, 0.3) is 0 Å². The smallest absolute Gasteiger partial charge is 0.265 e. The molecule has 6 nitrogen and oxygen atoms in total. The second-order valence-electron chi connectivity index (χ2n) is 4.95. The van der Waals surface area contributed by atoms with Gasteiger partial charge in [0.15, 0.2) is 6.10 Å². The maximum atomic E-state index is 12.3. The molecule has 0 aliphatic rings. The SMILES string of the molecule is COc1ccc(NC(=O)[C@H](C)Oc2ccc(C#N)cc2)c(OC)c1. The number of nitrogens with zero attached hydrogens (tertiary/aromatic N) is 1. The molecule has 0 heterocycles. The molecule has 0 fully saturated rings. The minimum absolute atomic E-state index is 0.317. The minimum atomic E-state index is -0.718. The van der Waals surface area contributed by atoms with Gasteiger partial charge in [-0.25, -0.2) is 0 Å². The zero-order valence-corrected chi connectivity index (χ0v) is 13.7. The Kier molecular flexibility index (Phi) is 5.63. The standard InChI is InChI=1S/C18H18N2O4/c1-12(24-14-6-4-13(11-19)5-7-14)18(21)20-16-9-8-15(22-2)10-17(16)23-3/h4-10,12H,1-3H3,(H,20,21)/t12-/m0/s1. The third-order valence-corrected chi connectivity index (χ3v) is 3.33. The number of ether oxygens (including phenoxy) is 3. The third-order valence-electron chi connectivity index (χ3n) is 3.33. The van der Waals surface area contributed by atoms with Crippen LogP contribution < -0.4 is 19.5 Å². The minimum Gasteiger partial charge on any atom is -0.497 e. The molecule has 1 atom stereocenters. The van der Waals surface area contributed by atoms with Crippen molar-refractivity contribution >= 4 is 11.6 Å². The topological polar surface area (TPSA) is 80.6 Å². The van der Waals surface area contributed by atoms with Crippen LogP contribution in [0.1, 0.15) is 12.5 Å². The van der Waals surface area contributed by atoms with E-state index in [0.29, 0.717) is 28.5 Å². The van der Waals surface area contributed by atoms with Crippen LogP contribution in [-0.2, 0) is 4.79 Å². The Labute approximate surface area is 140 Å². The van der Waals surface area contributed by atoms with E-state index in [1.807, 2.05) is 6.07 Å². The fourth-order valence-electron chi connectivity index (χ4n) is 2.00. The van der Waals surface area contributed by atoms with E-state index in [1.165, 1.54) is 7.11 Å². The molecule has 2 rings (SSSR count). The Hall–Kier alpha value is -3.20. The number of carbonyl (C=O) groups is 1. The van der Waals surface area contributed by atoms with E-state index < -0.39 is 6.10 Å². The Morgan fingerprint density at radius 3 is 2.33 bits per heavy atom. The molecular formula is C18H18N2O4. The number of benzene rings is 2. The van der Waals surface area contributed by atoms with Gasteiger partial charge >= 0.3 is 0 Å². The van der Waals surface area contributed by atoms with Crippen molar-refractivity contribution in [1.29, 1.82) is 5.26 Å². The number of anilines is 1. The summed E-state index contributed by atoms with van der Waals surface area (Å²) in [4.78, 5) is 12.3. The fraction of sp³-hybridized carbons (Fsp3) is 0.222. The van der Waals surface area contributed by atoms with Gasteiger partial charge in [-0.15, -0.1) is 0 Å². The first-order valence-corrected chi connectivity index (χ1v) is 7.27. The number of carbonyl (C=O) groups excluding carboxylic acids is 1. The highest BCUT2D eigenvalue weighted by molar-refractivity contribution is 5.95. The molecule has 2 aromatic rings. The summed E-state index contributed by atoms with van der Waals surface area (Å²) < 4.78 is 15.9. The number of nitriles is 1.